The van der Waals surface area contributed by atoms with E-state index in [9.17, 15) is 5.11 Å². The molecule has 1 N–H and O–H groups in total. The van der Waals surface area contributed by atoms with Gasteiger partial charge >= 0.3 is 0 Å². The zero-order valence-electron chi connectivity index (χ0n) is 10.4. The van der Waals surface area contributed by atoms with Crippen LogP contribution in [0, 0.1) is 6.92 Å². The average Bonchev–Trinajstić information content (AvgIpc) is 2.64. The molecule has 0 radical (unpaired) electrons. The molecule has 1 aliphatic rings. The first-order chi connectivity index (χ1) is 7.58. The summed E-state index contributed by atoms with van der Waals surface area (Å²) in [6.07, 6.45) is 0.746. The predicted octanol–water partition coefficient (Wildman–Crippen LogP) is 2.69. The molecule has 1 aromatic rings. The van der Waals surface area contributed by atoms with Crippen molar-refractivity contribution in [3.05, 3.63) is 29.3 Å². The van der Waals surface area contributed by atoms with Crippen LogP contribution >= 0.6 is 0 Å². The molecule has 0 amide bonds. The van der Waals surface area contributed by atoms with Gasteiger partial charge in [0.05, 0.1) is 6.10 Å². The summed E-state index contributed by atoms with van der Waals surface area (Å²) in [6.45, 7) is 8.37. The lowest BCUT2D eigenvalue weighted by molar-refractivity contribution is 0.198. The van der Waals surface area contributed by atoms with Gasteiger partial charge in [-0.3, -0.25) is 0 Å². The Morgan fingerprint density at radius 2 is 2.12 bits per heavy atom. The minimum absolute atomic E-state index is 0.148. The number of hydrogen-bond donors (Lipinski definition) is 1. The van der Waals surface area contributed by atoms with Gasteiger partial charge in [-0.2, -0.15) is 0 Å². The van der Waals surface area contributed by atoms with Crippen LogP contribution < -0.4 is 4.90 Å². The third-order valence-electron chi connectivity index (χ3n) is 3.40. The lowest BCUT2D eigenvalue weighted by atomic mass is 9.97. The SMILES string of the molecule is Cc1cc(N2CCC(O)C2)ccc1C(C)C. The van der Waals surface area contributed by atoms with Crippen LogP contribution in [0.5, 0.6) is 0 Å². The average molecular weight is 219 g/mol. The molecule has 2 nitrogen and oxygen atoms in total. The van der Waals surface area contributed by atoms with Crippen LogP contribution in [0.1, 0.15) is 37.3 Å². The van der Waals surface area contributed by atoms with Crippen LogP contribution in [-0.2, 0) is 0 Å². The Morgan fingerprint density at radius 1 is 1.38 bits per heavy atom. The molecule has 1 atom stereocenters. The maximum atomic E-state index is 9.53. The van der Waals surface area contributed by atoms with E-state index < -0.39 is 0 Å². The van der Waals surface area contributed by atoms with E-state index in [-0.39, 0.29) is 6.10 Å². The monoisotopic (exact) mass is 219 g/mol. The van der Waals surface area contributed by atoms with Gasteiger partial charge in [0.15, 0.2) is 0 Å². The van der Waals surface area contributed by atoms with E-state index in [2.05, 4.69) is 43.9 Å². The maximum absolute atomic E-state index is 9.53. The molecule has 16 heavy (non-hydrogen) atoms. The second-order valence-corrected chi connectivity index (χ2v) is 5.08. The van der Waals surface area contributed by atoms with Gasteiger partial charge < -0.3 is 10.0 Å². The molecule has 1 heterocycles. The number of aliphatic hydroxyl groups is 1. The van der Waals surface area contributed by atoms with Gasteiger partial charge in [0, 0.05) is 18.8 Å². The third-order valence-corrected chi connectivity index (χ3v) is 3.40. The molecule has 0 aromatic heterocycles. The fourth-order valence-corrected chi connectivity index (χ4v) is 2.48. The van der Waals surface area contributed by atoms with Crippen LogP contribution in [0.2, 0.25) is 0 Å². The van der Waals surface area contributed by atoms with Crippen molar-refractivity contribution >= 4 is 5.69 Å². The number of nitrogens with zero attached hydrogens (tertiary/aromatic N) is 1. The Bertz CT molecular complexity index is 373. The number of aliphatic hydroxyl groups excluding tert-OH is 1. The van der Waals surface area contributed by atoms with Crippen molar-refractivity contribution in [2.75, 3.05) is 18.0 Å². The van der Waals surface area contributed by atoms with E-state index in [4.69, 9.17) is 0 Å². The molecule has 1 aliphatic heterocycles. The number of anilines is 1. The Morgan fingerprint density at radius 3 is 2.62 bits per heavy atom. The molecule has 1 aromatic carbocycles. The lowest BCUT2D eigenvalue weighted by Gasteiger charge is -2.20. The summed E-state index contributed by atoms with van der Waals surface area (Å²) in [4.78, 5) is 2.27. The van der Waals surface area contributed by atoms with Crippen LogP contribution in [0.3, 0.4) is 0 Å². The normalized spacial score (nSPS) is 20.8. The molecule has 1 unspecified atom stereocenters. The number of aryl methyl sites for hydroxylation is 1. The summed E-state index contributed by atoms with van der Waals surface area (Å²) in [5, 5.41) is 9.53. The molecule has 1 saturated heterocycles. The van der Waals surface area contributed by atoms with Gasteiger partial charge in [-0.25, -0.2) is 0 Å². The van der Waals surface area contributed by atoms with Gasteiger partial charge in [-0.05, 0) is 42.5 Å². The fraction of sp³-hybridized carbons (Fsp3) is 0.571. The highest BCUT2D eigenvalue weighted by Crippen LogP contribution is 2.26. The first kappa shape index (κ1) is 11.5. The highest BCUT2D eigenvalue weighted by atomic mass is 16.3. The molecular weight excluding hydrogens is 198 g/mol. The highest BCUT2D eigenvalue weighted by molar-refractivity contribution is 5.52. The quantitative estimate of drug-likeness (QED) is 0.826. The lowest BCUT2D eigenvalue weighted by Crippen LogP contribution is -2.21. The Labute approximate surface area is 97.9 Å². The summed E-state index contributed by atoms with van der Waals surface area (Å²) in [5.74, 6) is 0.582. The first-order valence-corrected chi connectivity index (χ1v) is 6.11. The Kier molecular flexibility index (Phi) is 3.20. The van der Waals surface area contributed by atoms with Crippen molar-refractivity contribution in [2.45, 2.75) is 39.2 Å². The number of benzene rings is 1. The van der Waals surface area contributed by atoms with E-state index in [1.165, 1.54) is 16.8 Å². The van der Waals surface area contributed by atoms with E-state index in [1.807, 2.05) is 0 Å². The number of hydrogen-bond acceptors (Lipinski definition) is 2. The highest BCUT2D eigenvalue weighted by Gasteiger charge is 2.20. The minimum Gasteiger partial charge on any atom is -0.391 e. The number of rotatable bonds is 2. The largest absolute Gasteiger partial charge is 0.391 e. The molecule has 2 rings (SSSR count). The minimum atomic E-state index is -0.148. The van der Waals surface area contributed by atoms with Crippen LogP contribution in [0.15, 0.2) is 18.2 Å². The predicted molar refractivity (Wildman–Crippen MR) is 68.1 cm³/mol. The molecular formula is C14H21NO. The summed E-state index contributed by atoms with van der Waals surface area (Å²) in [6, 6.07) is 6.65. The summed E-state index contributed by atoms with van der Waals surface area (Å²) < 4.78 is 0. The van der Waals surface area contributed by atoms with Gasteiger partial charge in [0.1, 0.15) is 0 Å². The topological polar surface area (TPSA) is 23.5 Å². The van der Waals surface area contributed by atoms with Gasteiger partial charge in [-0.1, -0.05) is 19.9 Å². The van der Waals surface area contributed by atoms with Crippen molar-refractivity contribution in [2.24, 2.45) is 0 Å². The molecule has 88 valence electrons. The zero-order chi connectivity index (χ0) is 11.7. The summed E-state index contributed by atoms with van der Waals surface area (Å²) >= 11 is 0. The standard InChI is InChI=1S/C14H21NO/c1-10(2)14-5-4-12(8-11(14)3)15-7-6-13(16)9-15/h4-5,8,10,13,16H,6-7,9H2,1-3H3. The van der Waals surface area contributed by atoms with Crippen molar-refractivity contribution in [3.63, 3.8) is 0 Å². The Balaban J connectivity index is 2.21. The number of β-amino-alcohol motifs (C(OH)–C–C–N with tert-alkyl or cyclic N) is 1. The second kappa shape index (κ2) is 4.46. The maximum Gasteiger partial charge on any atom is 0.0731 e. The van der Waals surface area contributed by atoms with Gasteiger partial charge in [0.25, 0.3) is 0 Å². The third kappa shape index (κ3) is 2.22. The van der Waals surface area contributed by atoms with Crippen molar-refractivity contribution in [1.29, 1.82) is 0 Å². The smallest absolute Gasteiger partial charge is 0.0731 e. The summed E-state index contributed by atoms with van der Waals surface area (Å²) in [5.41, 5.74) is 4.02. The molecule has 1 fully saturated rings. The van der Waals surface area contributed by atoms with Crippen LogP contribution in [-0.4, -0.2) is 24.3 Å². The fourth-order valence-electron chi connectivity index (χ4n) is 2.48. The van der Waals surface area contributed by atoms with Gasteiger partial charge in [-0.15, -0.1) is 0 Å². The molecule has 0 bridgehead atoms. The van der Waals surface area contributed by atoms with Crippen LogP contribution in [0.4, 0.5) is 5.69 Å². The second-order valence-electron chi connectivity index (χ2n) is 5.08. The summed E-state index contributed by atoms with van der Waals surface area (Å²) in [7, 11) is 0. The first-order valence-electron chi connectivity index (χ1n) is 6.11. The van der Waals surface area contributed by atoms with E-state index >= 15 is 0 Å². The van der Waals surface area contributed by atoms with Crippen molar-refractivity contribution < 1.29 is 5.11 Å². The molecule has 0 aliphatic carbocycles. The van der Waals surface area contributed by atoms with E-state index in [0.717, 1.165) is 19.5 Å². The van der Waals surface area contributed by atoms with E-state index in [1.54, 1.807) is 0 Å². The van der Waals surface area contributed by atoms with Gasteiger partial charge in [0.2, 0.25) is 0 Å². The molecule has 0 spiro atoms. The van der Waals surface area contributed by atoms with E-state index in [0.29, 0.717) is 5.92 Å². The van der Waals surface area contributed by atoms with Crippen molar-refractivity contribution in [1.82, 2.24) is 0 Å². The zero-order valence-corrected chi connectivity index (χ0v) is 10.4. The van der Waals surface area contributed by atoms with Crippen LogP contribution in [0.25, 0.3) is 0 Å². The molecule has 2 heteroatoms. The van der Waals surface area contributed by atoms with Crippen molar-refractivity contribution in [3.8, 4) is 0 Å². The molecule has 0 saturated carbocycles. The Hall–Kier alpha value is -1.02.